The highest BCUT2D eigenvalue weighted by Crippen LogP contribution is 2.33. The zero-order chi connectivity index (χ0) is 9.26. The molecule has 0 aromatic carbocycles. The summed E-state index contributed by atoms with van der Waals surface area (Å²) in [5, 5.41) is 14.2. The monoisotopic (exact) mass is 256 g/mol. The van der Waals surface area contributed by atoms with Crippen LogP contribution < -0.4 is 5.32 Å². The number of hydrogen-bond donors (Lipinski definition) is 1. The highest BCUT2D eigenvalue weighted by Gasteiger charge is 2.29. The van der Waals surface area contributed by atoms with Crippen LogP contribution in [0.3, 0.4) is 0 Å². The second kappa shape index (κ2) is 3.79. The van der Waals surface area contributed by atoms with Crippen LogP contribution in [-0.2, 0) is 0 Å². The second-order valence-electron chi connectivity index (χ2n) is 3.17. The molecular weight excluding hydrogens is 248 g/mol. The van der Waals surface area contributed by atoms with Crippen molar-refractivity contribution in [2.75, 3.05) is 13.1 Å². The van der Waals surface area contributed by atoms with Crippen molar-refractivity contribution in [2.24, 2.45) is 5.92 Å². The molecule has 0 unspecified atom stereocenters. The molecule has 1 fully saturated rings. The highest BCUT2D eigenvalue weighted by atomic mass is 79.9. The van der Waals surface area contributed by atoms with Crippen LogP contribution >= 0.6 is 27.3 Å². The van der Waals surface area contributed by atoms with Crippen LogP contribution in [0.5, 0.6) is 0 Å². The zero-order valence-electron chi connectivity index (χ0n) is 6.96. The fraction of sp³-hybridized carbons (Fsp3) is 0.444. The van der Waals surface area contributed by atoms with Crippen LogP contribution in [0.25, 0.3) is 0 Å². The summed E-state index contributed by atoms with van der Waals surface area (Å²) >= 11 is 5.16. The van der Waals surface area contributed by atoms with Crippen LogP contribution in [0, 0.1) is 17.2 Å². The van der Waals surface area contributed by atoms with E-state index in [4.69, 9.17) is 5.26 Å². The first kappa shape index (κ1) is 9.20. The predicted octanol–water partition coefficient (Wildman–Crippen LogP) is 2.34. The summed E-state index contributed by atoms with van der Waals surface area (Å²) in [6.07, 6.45) is 0. The minimum absolute atomic E-state index is 0.144. The van der Waals surface area contributed by atoms with Gasteiger partial charge in [0.15, 0.2) is 0 Å². The maximum atomic E-state index is 8.91. The number of nitrogens with zero attached hydrogens (tertiary/aromatic N) is 1. The first-order valence-electron chi connectivity index (χ1n) is 4.15. The number of nitrogens with one attached hydrogen (secondary N) is 1. The molecule has 4 heteroatoms. The topological polar surface area (TPSA) is 35.8 Å². The van der Waals surface area contributed by atoms with Gasteiger partial charge in [0.1, 0.15) is 0 Å². The summed E-state index contributed by atoms with van der Waals surface area (Å²) in [7, 11) is 0. The van der Waals surface area contributed by atoms with Gasteiger partial charge in [0.05, 0.1) is 12.0 Å². The summed E-state index contributed by atoms with van der Waals surface area (Å²) < 4.78 is 1.12. The zero-order valence-corrected chi connectivity index (χ0v) is 9.36. The molecule has 2 heterocycles. The molecular formula is C9H9BrN2S. The molecule has 2 atom stereocenters. The molecule has 68 valence electrons. The quantitative estimate of drug-likeness (QED) is 0.838. The number of hydrogen-bond acceptors (Lipinski definition) is 3. The van der Waals surface area contributed by atoms with Gasteiger partial charge in [0, 0.05) is 33.7 Å². The lowest BCUT2D eigenvalue weighted by atomic mass is 9.96. The summed E-state index contributed by atoms with van der Waals surface area (Å²) in [6.45, 7) is 1.77. The molecule has 1 N–H and O–H groups in total. The van der Waals surface area contributed by atoms with Crippen molar-refractivity contribution >= 4 is 27.3 Å². The van der Waals surface area contributed by atoms with Gasteiger partial charge in [0.2, 0.25) is 0 Å². The van der Waals surface area contributed by atoms with Gasteiger partial charge in [-0.2, -0.15) is 5.26 Å². The molecule has 2 nitrogen and oxygen atoms in total. The average Bonchev–Trinajstić information content (AvgIpc) is 2.71. The minimum atomic E-state index is 0.144. The van der Waals surface area contributed by atoms with Crippen LogP contribution in [0.1, 0.15) is 10.8 Å². The Hall–Kier alpha value is -0.370. The Bertz CT molecular complexity index is 342. The van der Waals surface area contributed by atoms with E-state index in [1.165, 1.54) is 4.88 Å². The molecule has 0 spiro atoms. The summed E-state index contributed by atoms with van der Waals surface area (Å²) in [5.74, 6) is 0.534. The molecule has 0 radical (unpaired) electrons. The SMILES string of the molecule is N#C[C@H]1CNC[C@@H]1c1cc(Br)cs1. The van der Waals surface area contributed by atoms with Crippen molar-refractivity contribution in [1.82, 2.24) is 5.32 Å². The minimum Gasteiger partial charge on any atom is -0.315 e. The van der Waals surface area contributed by atoms with Crippen LogP contribution in [-0.4, -0.2) is 13.1 Å². The van der Waals surface area contributed by atoms with Gasteiger partial charge in [-0.15, -0.1) is 11.3 Å². The largest absolute Gasteiger partial charge is 0.315 e. The first-order chi connectivity index (χ1) is 6.31. The summed E-state index contributed by atoms with van der Waals surface area (Å²) in [4.78, 5) is 1.31. The van der Waals surface area contributed by atoms with E-state index in [-0.39, 0.29) is 5.92 Å². The third-order valence-corrected chi connectivity index (χ3v) is 4.16. The Labute approximate surface area is 89.7 Å². The number of rotatable bonds is 1. The Morgan fingerprint density at radius 1 is 1.62 bits per heavy atom. The summed E-state index contributed by atoms with van der Waals surface area (Å²) in [6, 6.07) is 4.47. The van der Waals surface area contributed by atoms with Crippen molar-refractivity contribution in [3.05, 3.63) is 20.8 Å². The van der Waals surface area contributed by atoms with E-state index in [2.05, 4.69) is 38.8 Å². The fourth-order valence-electron chi connectivity index (χ4n) is 1.64. The molecule has 2 rings (SSSR count). The standard InChI is InChI=1S/C9H9BrN2S/c10-7-1-9(13-5-7)8-4-12-3-6(8)2-11/h1,5-6,8,12H,3-4H2/t6-,8-/m0/s1. The van der Waals surface area contributed by atoms with Gasteiger partial charge in [0.25, 0.3) is 0 Å². The molecule has 0 saturated carbocycles. The van der Waals surface area contributed by atoms with E-state index in [0.29, 0.717) is 5.92 Å². The maximum absolute atomic E-state index is 8.91. The van der Waals surface area contributed by atoms with Crippen molar-refractivity contribution in [3.63, 3.8) is 0 Å². The van der Waals surface area contributed by atoms with E-state index < -0.39 is 0 Å². The van der Waals surface area contributed by atoms with E-state index in [9.17, 15) is 0 Å². The lowest BCUT2D eigenvalue weighted by Crippen LogP contribution is -2.07. The number of halogens is 1. The Kier molecular flexibility index (Phi) is 2.68. The smallest absolute Gasteiger partial charge is 0.0676 e. The van der Waals surface area contributed by atoms with E-state index in [1.54, 1.807) is 11.3 Å². The lowest BCUT2D eigenvalue weighted by molar-refractivity contribution is 0.656. The number of nitriles is 1. The van der Waals surface area contributed by atoms with Crippen LogP contribution in [0.2, 0.25) is 0 Å². The molecule has 1 aliphatic heterocycles. The highest BCUT2D eigenvalue weighted by molar-refractivity contribution is 9.10. The van der Waals surface area contributed by atoms with Gasteiger partial charge >= 0.3 is 0 Å². The molecule has 1 aromatic rings. The van der Waals surface area contributed by atoms with Gasteiger partial charge in [-0.25, -0.2) is 0 Å². The second-order valence-corrected chi connectivity index (χ2v) is 5.03. The molecule has 1 saturated heterocycles. The molecule has 0 bridgehead atoms. The van der Waals surface area contributed by atoms with Crippen molar-refractivity contribution in [1.29, 1.82) is 5.26 Å². The maximum Gasteiger partial charge on any atom is 0.0676 e. The average molecular weight is 257 g/mol. The van der Waals surface area contributed by atoms with Crippen molar-refractivity contribution < 1.29 is 0 Å². The Morgan fingerprint density at radius 3 is 3.08 bits per heavy atom. The van der Waals surface area contributed by atoms with Crippen molar-refractivity contribution in [2.45, 2.75) is 5.92 Å². The first-order valence-corrected chi connectivity index (χ1v) is 5.83. The van der Waals surface area contributed by atoms with Gasteiger partial charge in [-0.05, 0) is 22.0 Å². The van der Waals surface area contributed by atoms with Crippen LogP contribution in [0.15, 0.2) is 15.9 Å². The molecule has 1 aliphatic rings. The van der Waals surface area contributed by atoms with E-state index in [1.807, 2.05) is 0 Å². The molecule has 0 aliphatic carbocycles. The molecule has 0 amide bonds. The fourth-order valence-corrected chi connectivity index (χ4v) is 3.25. The van der Waals surface area contributed by atoms with Gasteiger partial charge in [-0.1, -0.05) is 0 Å². The number of thiophene rings is 1. The van der Waals surface area contributed by atoms with Crippen LogP contribution in [0.4, 0.5) is 0 Å². The molecule has 13 heavy (non-hydrogen) atoms. The summed E-state index contributed by atoms with van der Waals surface area (Å²) in [5.41, 5.74) is 0. The lowest BCUT2D eigenvalue weighted by Gasteiger charge is -2.08. The third-order valence-electron chi connectivity index (χ3n) is 2.33. The normalized spacial score (nSPS) is 27.4. The predicted molar refractivity (Wildman–Crippen MR) is 56.7 cm³/mol. The Morgan fingerprint density at radius 2 is 2.46 bits per heavy atom. The van der Waals surface area contributed by atoms with E-state index >= 15 is 0 Å². The molecule has 1 aromatic heterocycles. The Balaban J connectivity index is 2.21. The van der Waals surface area contributed by atoms with Gasteiger partial charge < -0.3 is 5.32 Å². The van der Waals surface area contributed by atoms with E-state index in [0.717, 1.165) is 17.6 Å². The van der Waals surface area contributed by atoms with Gasteiger partial charge in [-0.3, -0.25) is 0 Å². The third kappa shape index (κ3) is 1.78. The van der Waals surface area contributed by atoms with Crippen molar-refractivity contribution in [3.8, 4) is 6.07 Å².